The molecule has 0 saturated carbocycles. The maximum atomic E-state index is 4.59. The van der Waals surface area contributed by atoms with Crippen molar-refractivity contribution < 1.29 is 0 Å². The van der Waals surface area contributed by atoms with Crippen LogP contribution in [0.1, 0.15) is 47.6 Å². The van der Waals surface area contributed by atoms with E-state index < -0.39 is 0 Å². The van der Waals surface area contributed by atoms with Crippen molar-refractivity contribution in [2.24, 2.45) is 10.9 Å². The Balaban J connectivity index is 1.41. The minimum atomic E-state index is 0.232. The van der Waals surface area contributed by atoms with Crippen LogP contribution in [0.5, 0.6) is 0 Å². The van der Waals surface area contributed by atoms with E-state index in [4.69, 9.17) is 0 Å². The fourth-order valence-corrected chi connectivity index (χ4v) is 4.45. The zero-order chi connectivity index (χ0) is 19.9. The van der Waals surface area contributed by atoms with Crippen LogP contribution in [0, 0.1) is 19.8 Å². The van der Waals surface area contributed by atoms with Crippen LogP contribution in [0.2, 0.25) is 0 Å². The molecule has 0 radical (unpaired) electrons. The van der Waals surface area contributed by atoms with Gasteiger partial charge in [0.1, 0.15) is 0 Å². The fraction of sp³-hybridized carbons (Fsp3) is 0.545. The number of nitrogens with one attached hydrogen (secondary N) is 2. The number of aromatic nitrogens is 1. The van der Waals surface area contributed by atoms with Gasteiger partial charge in [-0.05, 0) is 63.7 Å². The lowest BCUT2D eigenvalue weighted by Gasteiger charge is -2.32. The van der Waals surface area contributed by atoms with Gasteiger partial charge in [-0.3, -0.25) is 9.89 Å². The van der Waals surface area contributed by atoms with Crippen LogP contribution in [0.3, 0.4) is 0 Å². The van der Waals surface area contributed by atoms with E-state index in [0.717, 1.165) is 37.1 Å². The molecule has 2 aromatic rings. The van der Waals surface area contributed by atoms with E-state index in [-0.39, 0.29) is 6.04 Å². The van der Waals surface area contributed by atoms with E-state index in [9.17, 15) is 0 Å². The van der Waals surface area contributed by atoms with Crippen LogP contribution < -0.4 is 10.6 Å². The molecule has 6 heteroatoms. The number of likely N-dealkylation sites (tertiary alicyclic amines) is 1. The molecule has 1 aliphatic rings. The van der Waals surface area contributed by atoms with Crippen LogP contribution >= 0.6 is 11.3 Å². The second kappa shape index (κ2) is 10.0. The quantitative estimate of drug-likeness (QED) is 0.571. The Morgan fingerprint density at radius 2 is 2.04 bits per heavy atom. The lowest BCUT2D eigenvalue weighted by Crippen LogP contribution is -2.43. The average Bonchev–Trinajstić information content (AvgIpc) is 3.11. The van der Waals surface area contributed by atoms with Crippen molar-refractivity contribution in [3.05, 3.63) is 51.5 Å². The number of nitrogens with zero attached hydrogens (tertiary/aromatic N) is 3. The minimum Gasteiger partial charge on any atom is -0.356 e. The van der Waals surface area contributed by atoms with Crippen LogP contribution in [-0.4, -0.2) is 42.5 Å². The third-order valence-electron chi connectivity index (χ3n) is 5.55. The first kappa shape index (κ1) is 20.8. The highest BCUT2D eigenvalue weighted by molar-refractivity contribution is 7.09. The summed E-state index contributed by atoms with van der Waals surface area (Å²) in [6.45, 7) is 10.7. The highest BCUT2D eigenvalue weighted by Crippen LogP contribution is 2.20. The van der Waals surface area contributed by atoms with E-state index in [1.165, 1.54) is 29.7 Å². The van der Waals surface area contributed by atoms with Crippen LogP contribution in [0.15, 0.2) is 34.6 Å². The van der Waals surface area contributed by atoms with Crippen molar-refractivity contribution in [1.82, 2.24) is 20.5 Å². The lowest BCUT2D eigenvalue weighted by molar-refractivity contribution is 0.176. The van der Waals surface area contributed by atoms with Gasteiger partial charge in [0.25, 0.3) is 0 Å². The molecule has 1 aromatic heterocycles. The van der Waals surface area contributed by atoms with E-state index in [1.54, 1.807) is 11.3 Å². The number of guanidine groups is 1. The molecule has 1 unspecified atom stereocenters. The molecule has 0 aliphatic carbocycles. The van der Waals surface area contributed by atoms with E-state index >= 15 is 0 Å². The monoisotopic (exact) mass is 399 g/mol. The molecule has 1 fully saturated rings. The molecule has 2 N–H and O–H groups in total. The zero-order valence-electron chi connectivity index (χ0n) is 17.5. The number of aliphatic imine (C=N–C) groups is 1. The van der Waals surface area contributed by atoms with Gasteiger partial charge in [0.15, 0.2) is 5.96 Å². The molecule has 1 saturated heterocycles. The van der Waals surface area contributed by atoms with Gasteiger partial charge in [-0.15, -0.1) is 11.3 Å². The second-order valence-corrected chi connectivity index (χ2v) is 8.82. The van der Waals surface area contributed by atoms with Crippen LogP contribution in [-0.2, 0) is 6.54 Å². The van der Waals surface area contributed by atoms with Gasteiger partial charge in [0, 0.05) is 25.5 Å². The number of thiazole rings is 1. The molecular formula is C22H33N5S. The lowest BCUT2D eigenvalue weighted by atomic mass is 9.97. The first-order valence-electron chi connectivity index (χ1n) is 10.2. The maximum absolute atomic E-state index is 4.59. The Morgan fingerprint density at radius 3 is 2.68 bits per heavy atom. The number of hydrogen-bond acceptors (Lipinski definition) is 4. The molecule has 0 amide bonds. The fourth-order valence-electron chi connectivity index (χ4n) is 3.85. The molecule has 0 spiro atoms. The van der Waals surface area contributed by atoms with Gasteiger partial charge in [-0.1, -0.05) is 24.3 Å². The summed E-state index contributed by atoms with van der Waals surface area (Å²) in [7, 11) is 1.85. The van der Waals surface area contributed by atoms with Crippen LogP contribution in [0.4, 0.5) is 0 Å². The van der Waals surface area contributed by atoms with Crippen molar-refractivity contribution in [2.75, 3.05) is 26.7 Å². The number of rotatable bonds is 6. The molecule has 5 nitrogen and oxygen atoms in total. The van der Waals surface area contributed by atoms with Gasteiger partial charge in [-0.25, -0.2) is 4.98 Å². The SMILES string of the molecule is CN=C(NCC1CCN(Cc2csc(C)n2)CC1)NC(C)c1ccccc1C. The standard InChI is InChI=1S/C22H33N5S/c1-16-7-5-6-8-21(16)17(2)25-22(23-4)24-13-19-9-11-27(12-10-19)14-20-15-28-18(3)26-20/h5-8,15,17,19H,9-14H2,1-4H3,(H2,23,24,25). The number of hydrogen-bond donors (Lipinski definition) is 2. The summed E-state index contributed by atoms with van der Waals surface area (Å²) in [6, 6.07) is 8.75. The largest absolute Gasteiger partial charge is 0.356 e. The smallest absolute Gasteiger partial charge is 0.191 e. The molecule has 28 heavy (non-hydrogen) atoms. The van der Waals surface area contributed by atoms with Gasteiger partial charge in [0.05, 0.1) is 16.7 Å². The molecule has 152 valence electrons. The predicted molar refractivity (Wildman–Crippen MR) is 119 cm³/mol. The first-order valence-corrected chi connectivity index (χ1v) is 11.1. The Hall–Kier alpha value is -1.92. The molecule has 0 bridgehead atoms. The van der Waals surface area contributed by atoms with Crippen molar-refractivity contribution in [1.29, 1.82) is 0 Å². The topological polar surface area (TPSA) is 52.6 Å². The molecular weight excluding hydrogens is 366 g/mol. The Morgan fingerprint density at radius 1 is 1.29 bits per heavy atom. The van der Waals surface area contributed by atoms with Crippen LogP contribution in [0.25, 0.3) is 0 Å². The predicted octanol–water partition coefficient (Wildman–Crippen LogP) is 3.90. The summed E-state index contributed by atoms with van der Waals surface area (Å²) in [5.41, 5.74) is 3.84. The van der Waals surface area contributed by atoms with E-state index in [0.29, 0.717) is 5.92 Å². The average molecular weight is 400 g/mol. The Labute approximate surface area is 173 Å². The number of benzene rings is 1. The van der Waals surface area contributed by atoms with Gasteiger partial charge < -0.3 is 10.6 Å². The molecule has 2 heterocycles. The van der Waals surface area contributed by atoms with Crippen molar-refractivity contribution in [2.45, 2.75) is 46.2 Å². The highest BCUT2D eigenvalue weighted by Gasteiger charge is 2.20. The Kier molecular flexibility index (Phi) is 7.45. The van der Waals surface area contributed by atoms with E-state index in [1.807, 2.05) is 7.05 Å². The summed E-state index contributed by atoms with van der Waals surface area (Å²) in [4.78, 5) is 11.5. The van der Waals surface area contributed by atoms with Gasteiger partial charge in [0.2, 0.25) is 0 Å². The second-order valence-electron chi connectivity index (χ2n) is 7.75. The molecule has 1 aromatic carbocycles. The van der Waals surface area contributed by atoms with Crippen molar-refractivity contribution in [3.8, 4) is 0 Å². The summed E-state index contributed by atoms with van der Waals surface area (Å²) in [5.74, 6) is 1.58. The van der Waals surface area contributed by atoms with Crippen molar-refractivity contribution in [3.63, 3.8) is 0 Å². The van der Waals surface area contributed by atoms with Gasteiger partial charge >= 0.3 is 0 Å². The molecule has 1 atom stereocenters. The normalized spacial score (nSPS) is 17.5. The third kappa shape index (κ3) is 5.79. The van der Waals surface area contributed by atoms with E-state index in [2.05, 4.69) is 75.9 Å². The summed E-state index contributed by atoms with van der Waals surface area (Å²) >= 11 is 1.74. The maximum Gasteiger partial charge on any atom is 0.191 e. The molecule has 3 rings (SSSR count). The highest BCUT2D eigenvalue weighted by atomic mass is 32.1. The van der Waals surface area contributed by atoms with Gasteiger partial charge in [-0.2, -0.15) is 0 Å². The minimum absolute atomic E-state index is 0.232. The molecule has 1 aliphatic heterocycles. The first-order chi connectivity index (χ1) is 13.5. The third-order valence-corrected chi connectivity index (χ3v) is 6.37. The summed E-state index contributed by atoms with van der Waals surface area (Å²) in [6.07, 6.45) is 2.45. The van der Waals surface area contributed by atoms with Crippen molar-refractivity contribution >= 4 is 17.3 Å². The number of aryl methyl sites for hydroxylation is 2. The number of piperidine rings is 1. The Bertz CT molecular complexity index is 777. The zero-order valence-corrected chi connectivity index (χ0v) is 18.4. The summed E-state index contributed by atoms with van der Waals surface area (Å²) in [5, 5.41) is 10.4. The summed E-state index contributed by atoms with van der Waals surface area (Å²) < 4.78 is 0.